The van der Waals surface area contributed by atoms with Crippen LogP contribution in [0.15, 0.2) is 29.3 Å². The van der Waals surface area contributed by atoms with E-state index in [1.807, 2.05) is 0 Å². The second-order valence-electron chi connectivity index (χ2n) is 8.68. The number of aryl methyl sites for hydroxylation is 1. The van der Waals surface area contributed by atoms with Crippen molar-refractivity contribution in [3.05, 3.63) is 35.5 Å². The maximum Gasteiger partial charge on any atom is 0.225 e. The molecule has 1 saturated heterocycles. The van der Waals surface area contributed by atoms with Crippen LogP contribution in [0.4, 0.5) is 0 Å². The number of carbonyl (C=O) groups excluding carboxylic acids is 1. The van der Waals surface area contributed by atoms with Gasteiger partial charge in [-0.2, -0.15) is 0 Å². The van der Waals surface area contributed by atoms with Crippen LogP contribution in [0.25, 0.3) is 10.9 Å². The molecule has 3 N–H and O–H groups in total. The molecule has 1 unspecified atom stereocenters. The van der Waals surface area contributed by atoms with Crippen molar-refractivity contribution in [2.24, 2.45) is 10.9 Å². The van der Waals surface area contributed by atoms with Crippen LogP contribution < -0.4 is 10.6 Å². The Morgan fingerprint density at radius 1 is 1.23 bits per heavy atom. The lowest BCUT2D eigenvalue weighted by atomic mass is 10.1. The molecule has 4 rings (SSSR count). The lowest BCUT2D eigenvalue weighted by Gasteiger charge is -2.21. The number of aromatic nitrogens is 1. The molecular weight excluding hydrogens is 501 g/mol. The summed E-state index contributed by atoms with van der Waals surface area (Å²) in [6.45, 7) is 7.44. The van der Waals surface area contributed by atoms with E-state index in [4.69, 9.17) is 4.99 Å². The van der Waals surface area contributed by atoms with Gasteiger partial charge in [0.15, 0.2) is 5.96 Å². The second-order valence-corrected chi connectivity index (χ2v) is 8.68. The van der Waals surface area contributed by atoms with Crippen LogP contribution in [0.1, 0.15) is 50.3 Å². The Morgan fingerprint density at radius 2 is 2.00 bits per heavy atom. The van der Waals surface area contributed by atoms with Crippen molar-refractivity contribution in [1.82, 2.24) is 20.5 Å². The molecule has 0 radical (unpaired) electrons. The van der Waals surface area contributed by atoms with Crippen LogP contribution in [0.3, 0.4) is 0 Å². The monoisotopic (exact) mass is 537 g/mol. The van der Waals surface area contributed by atoms with E-state index >= 15 is 0 Å². The summed E-state index contributed by atoms with van der Waals surface area (Å²) in [7, 11) is 0. The minimum Gasteiger partial charge on any atom is -0.358 e. The Hall–Kier alpha value is -1.77. The van der Waals surface area contributed by atoms with Gasteiger partial charge in [0, 0.05) is 54.7 Å². The van der Waals surface area contributed by atoms with Gasteiger partial charge < -0.3 is 20.5 Å². The van der Waals surface area contributed by atoms with Crippen molar-refractivity contribution < 1.29 is 4.79 Å². The number of aliphatic imine (C=N–C) groups is 1. The van der Waals surface area contributed by atoms with Gasteiger partial charge in [0.25, 0.3) is 0 Å². The van der Waals surface area contributed by atoms with Crippen molar-refractivity contribution in [3.8, 4) is 0 Å². The van der Waals surface area contributed by atoms with E-state index in [-0.39, 0.29) is 35.9 Å². The maximum absolute atomic E-state index is 12.7. The van der Waals surface area contributed by atoms with E-state index in [2.05, 4.69) is 58.6 Å². The zero-order valence-electron chi connectivity index (χ0n) is 18.7. The number of hydrogen-bond acceptors (Lipinski definition) is 2. The van der Waals surface area contributed by atoms with E-state index in [0.29, 0.717) is 5.91 Å². The minimum atomic E-state index is 0. The number of guanidine groups is 1. The number of halogens is 1. The Kier molecular flexibility index (Phi) is 8.63. The summed E-state index contributed by atoms with van der Waals surface area (Å²) in [5, 5.41) is 8.22. The van der Waals surface area contributed by atoms with Crippen LogP contribution in [-0.4, -0.2) is 54.0 Å². The molecule has 1 amide bonds. The van der Waals surface area contributed by atoms with Gasteiger partial charge in [-0.15, -0.1) is 24.0 Å². The Balaban J connectivity index is 0.00000272. The van der Waals surface area contributed by atoms with E-state index in [9.17, 15) is 4.79 Å². The Labute approximate surface area is 202 Å². The summed E-state index contributed by atoms with van der Waals surface area (Å²) in [6.07, 6.45) is 6.46. The molecule has 1 aliphatic carbocycles. The molecular formula is C24H36IN5O. The molecule has 1 aliphatic heterocycles. The third-order valence-corrected chi connectivity index (χ3v) is 6.55. The van der Waals surface area contributed by atoms with Gasteiger partial charge >= 0.3 is 0 Å². The molecule has 6 nitrogen and oxygen atoms in total. The standard InChI is InChI=1S/C24H35N5O.HI/c1-3-25-24(26-14-12-20-17(2)27-22-11-7-6-10-21(20)22)28-19-13-15-29(16-19)23(30)18-8-4-5-9-18;/h6-7,10-11,18-19,27H,3-5,8-9,12-16H2,1-2H3,(H2,25,26,28);1H. The van der Waals surface area contributed by atoms with Gasteiger partial charge in [0.2, 0.25) is 5.91 Å². The molecule has 31 heavy (non-hydrogen) atoms. The molecule has 1 aromatic carbocycles. The normalized spacial score (nSPS) is 19.6. The number of benzene rings is 1. The lowest BCUT2D eigenvalue weighted by Crippen LogP contribution is -2.45. The third-order valence-electron chi connectivity index (χ3n) is 6.55. The number of likely N-dealkylation sites (tertiary alicyclic amines) is 1. The fourth-order valence-corrected chi connectivity index (χ4v) is 4.96. The molecule has 2 heterocycles. The zero-order valence-corrected chi connectivity index (χ0v) is 21.1. The van der Waals surface area contributed by atoms with Crippen LogP contribution in [0.5, 0.6) is 0 Å². The van der Waals surface area contributed by atoms with Gasteiger partial charge in [-0.25, -0.2) is 0 Å². The topological polar surface area (TPSA) is 72.5 Å². The van der Waals surface area contributed by atoms with Crippen LogP contribution in [-0.2, 0) is 11.2 Å². The highest BCUT2D eigenvalue weighted by Crippen LogP contribution is 2.28. The molecule has 1 atom stereocenters. The number of hydrogen-bond donors (Lipinski definition) is 3. The van der Waals surface area contributed by atoms with Gasteiger partial charge in [-0.05, 0) is 51.2 Å². The first kappa shape index (κ1) is 23.9. The Morgan fingerprint density at radius 3 is 2.77 bits per heavy atom. The number of fused-ring (bicyclic) bond motifs is 1. The predicted octanol–water partition coefficient (Wildman–Crippen LogP) is 3.98. The fraction of sp³-hybridized carbons (Fsp3) is 0.583. The lowest BCUT2D eigenvalue weighted by molar-refractivity contribution is -0.134. The van der Waals surface area contributed by atoms with Crippen molar-refractivity contribution in [1.29, 1.82) is 0 Å². The maximum atomic E-state index is 12.7. The van der Waals surface area contributed by atoms with Crippen molar-refractivity contribution in [3.63, 3.8) is 0 Å². The third kappa shape index (κ3) is 5.73. The predicted molar refractivity (Wildman–Crippen MR) is 138 cm³/mol. The molecule has 2 aromatic rings. The van der Waals surface area contributed by atoms with Crippen LogP contribution in [0.2, 0.25) is 0 Å². The van der Waals surface area contributed by atoms with E-state index in [1.165, 1.54) is 35.0 Å². The van der Waals surface area contributed by atoms with E-state index in [1.54, 1.807) is 0 Å². The zero-order chi connectivity index (χ0) is 20.9. The second kappa shape index (κ2) is 11.2. The first-order chi connectivity index (χ1) is 14.7. The summed E-state index contributed by atoms with van der Waals surface area (Å²) < 4.78 is 0. The number of rotatable bonds is 6. The smallest absolute Gasteiger partial charge is 0.225 e. The van der Waals surface area contributed by atoms with E-state index in [0.717, 1.165) is 57.8 Å². The number of amides is 1. The Bertz CT molecular complexity index is 903. The van der Waals surface area contributed by atoms with E-state index < -0.39 is 0 Å². The summed E-state index contributed by atoms with van der Waals surface area (Å²) in [5.41, 5.74) is 3.76. The van der Waals surface area contributed by atoms with Gasteiger partial charge in [-0.1, -0.05) is 31.0 Å². The molecule has 0 bridgehead atoms. The molecule has 2 aliphatic rings. The number of carbonyl (C=O) groups is 1. The molecule has 0 spiro atoms. The highest BCUT2D eigenvalue weighted by Gasteiger charge is 2.32. The number of H-pyrrole nitrogens is 1. The molecule has 1 aromatic heterocycles. The average Bonchev–Trinajstić information content (AvgIpc) is 3.48. The van der Waals surface area contributed by atoms with Gasteiger partial charge in [0.1, 0.15) is 0 Å². The van der Waals surface area contributed by atoms with Gasteiger partial charge in [0.05, 0.1) is 0 Å². The summed E-state index contributed by atoms with van der Waals surface area (Å²) in [4.78, 5) is 23.1. The fourth-order valence-electron chi connectivity index (χ4n) is 4.96. The SMILES string of the molecule is CCNC(=NCCc1c(C)[nH]c2ccccc12)NC1CCN(C(=O)C2CCCC2)C1.I. The number of para-hydroxylation sites is 1. The highest BCUT2D eigenvalue weighted by atomic mass is 127. The van der Waals surface area contributed by atoms with Crippen LogP contribution >= 0.6 is 24.0 Å². The van der Waals surface area contributed by atoms with Crippen molar-refractivity contribution in [2.75, 3.05) is 26.2 Å². The van der Waals surface area contributed by atoms with Gasteiger partial charge in [-0.3, -0.25) is 9.79 Å². The summed E-state index contributed by atoms with van der Waals surface area (Å²) in [5.74, 6) is 1.49. The number of nitrogens with zero attached hydrogens (tertiary/aromatic N) is 2. The number of aromatic amines is 1. The molecule has 7 heteroatoms. The largest absolute Gasteiger partial charge is 0.358 e. The van der Waals surface area contributed by atoms with Crippen LogP contribution in [0, 0.1) is 12.8 Å². The average molecular weight is 537 g/mol. The number of nitrogens with one attached hydrogen (secondary N) is 3. The highest BCUT2D eigenvalue weighted by molar-refractivity contribution is 14.0. The molecule has 170 valence electrons. The van der Waals surface area contributed by atoms with Crippen molar-refractivity contribution >= 4 is 46.7 Å². The first-order valence-corrected chi connectivity index (χ1v) is 11.6. The first-order valence-electron chi connectivity index (χ1n) is 11.6. The molecule has 2 fully saturated rings. The molecule has 1 saturated carbocycles. The quantitative estimate of drug-likeness (QED) is 0.297. The minimum absolute atomic E-state index is 0. The summed E-state index contributed by atoms with van der Waals surface area (Å²) in [6, 6.07) is 8.74. The van der Waals surface area contributed by atoms with Crippen molar-refractivity contribution in [2.45, 2.75) is 58.4 Å². The summed E-state index contributed by atoms with van der Waals surface area (Å²) >= 11 is 0.